The molecule has 1 unspecified atom stereocenters. The number of carbonyl (C=O) groups is 1. The lowest BCUT2D eigenvalue weighted by Crippen LogP contribution is -2.39. The lowest BCUT2D eigenvalue weighted by Gasteiger charge is -2.24. The molecule has 0 spiro atoms. The van der Waals surface area contributed by atoms with Crippen molar-refractivity contribution in [2.24, 2.45) is 0 Å². The van der Waals surface area contributed by atoms with E-state index in [1.165, 1.54) is 0 Å². The van der Waals surface area contributed by atoms with E-state index in [2.05, 4.69) is 12.2 Å². The average molecular weight is 378 g/mol. The molecule has 3 rings (SSSR count). The number of amides is 1. The molecule has 0 saturated carbocycles. The van der Waals surface area contributed by atoms with Gasteiger partial charge in [-0.15, -0.1) is 0 Å². The van der Waals surface area contributed by atoms with Crippen LogP contribution in [0.15, 0.2) is 77.4 Å². The molecule has 1 heterocycles. The van der Waals surface area contributed by atoms with Crippen molar-refractivity contribution in [3.05, 3.63) is 84.3 Å². The van der Waals surface area contributed by atoms with Gasteiger partial charge in [0.15, 0.2) is 0 Å². The monoisotopic (exact) mass is 378 g/mol. The average Bonchev–Trinajstić information content (AvgIpc) is 3.26. The Labute approximate surface area is 165 Å². The van der Waals surface area contributed by atoms with Crippen LogP contribution in [0.25, 0.3) is 0 Å². The Morgan fingerprint density at radius 3 is 2.43 bits per heavy atom. The molecule has 0 aliphatic heterocycles. The third-order valence-electron chi connectivity index (χ3n) is 4.69. The van der Waals surface area contributed by atoms with E-state index in [-0.39, 0.29) is 18.5 Å². The fraction of sp³-hybridized carbons (Fsp3) is 0.261. The first-order valence-electron chi connectivity index (χ1n) is 9.46. The second kappa shape index (κ2) is 9.76. The van der Waals surface area contributed by atoms with Crippen molar-refractivity contribution in [3.8, 4) is 5.75 Å². The molecule has 0 saturated heterocycles. The van der Waals surface area contributed by atoms with Crippen LogP contribution in [-0.4, -0.2) is 19.6 Å². The molecule has 28 heavy (non-hydrogen) atoms. The summed E-state index contributed by atoms with van der Waals surface area (Å²) >= 11 is 0. The first-order valence-corrected chi connectivity index (χ1v) is 9.46. The van der Waals surface area contributed by atoms with Gasteiger partial charge in [0.2, 0.25) is 5.91 Å². The molecular formula is C23H26N2O3. The van der Waals surface area contributed by atoms with Crippen molar-refractivity contribution in [2.45, 2.75) is 25.9 Å². The van der Waals surface area contributed by atoms with E-state index < -0.39 is 0 Å². The Bertz CT molecular complexity index is 845. The SMILES string of the molecule is CCC(NCC(=O)N(Cc1ccco1)c1ccccc1)c1ccc(OC)cc1. The number of anilines is 1. The number of rotatable bonds is 9. The van der Waals surface area contributed by atoms with Gasteiger partial charge in [-0.3, -0.25) is 4.79 Å². The van der Waals surface area contributed by atoms with E-state index in [0.29, 0.717) is 6.54 Å². The highest BCUT2D eigenvalue weighted by Gasteiger charge is 2.19. The van der Waals surface area contributed by atoms with Crippen molar-refractivity contribution in [3.63, 3.8) is 0 Å². The minimum atomic E-state index is -0.00504. The highest BCUT2D eigenvalue weighted by molar-refractivity contribution is 5.94. The van der Waals surface area contributed by atoms with E-state index in [1.807, 2.05) is 66.7 Å². The van der Waals surface area contributed by atoms with Gasteiger partial charge >= 0.3 is 0 Å². The topological polar surface area (TPSA) is 54.7 Å². The van der Waals surface area contributed by atoms with Crippen molar-refractivity contribution in [2.75, 3.05) is 18.6 Å². The Morgan fingerprint density at radius 2 is 1.82 bits per heavy atom. The number of benzene rings is 2. The fourth-order valence-electron chi connectivity index (χ4n) is 3.13. The summed E-state index contributed by atoms with van der Waals surface area (Å²) in [6.45, 7) is 2.74. The lowest BCUT2D eigenvalue weighted by molar-refractivity contribution is -0.118. The standard InChI is InChI=1S/C23H26N2O3/c1-3-22(18-11-13-20(27-2)14-12-18)24-16-23(26)25(17-21-10-7-15-28-21)19-8-5-4-6-9-19/h4-15,22,24H,3,16-17H2,1-2H3. The van der Waals surface area contributed by atoms with Crippen molar-refractivity contribution in [1.82, 2.24) is 5.32 Å². The summed E-state index contributed by atoms with van der Waals surface area (Å²) in [6, 6.07) is 21.4. The minimum Gasteiger partial charge on any atom is -0.497 e. The summed E-state index contributed by atoms with van der Waals surface area (Å²) in [5, 5.41) is 3.39. The third-order valence-corrected chi connectivity index (χ3v) is 4.69. The van der Waals surface area contributed by atoms with E-state index in [9.17, 15) is 4.79 Å². The van der Waals surface area contributed by atoms with Gasteiger partial charge in [-0.1, -0.05) is 37.3 Å². The normalized spacial score (nSPS) is 11.8. The predicted octanol–water partition coefficient (Wildman–Crippen LogP) is 4.56. The first-order chi connectivity index (χ1) is 13.7. The molecule has 1 atom stereocenters. The van der Waals surface area contributed by atoms with Gasteiger partial charge in [0.1, 0.15) is 11.5 Å². The maximum absolute atomic E-state index is 13.0. The lowest BCUT2D eigenvalue weighted by atomic mass is 10.0. The molecular weight excluding hydrogens is 352 g/mol. The summed E-state index contributed by atoms with van der Waals surface area (Å²) in [4.78, 5) is 14.8. The van der Waals surface area contributed by atoms with E-state index >= 15 is 0 Å². The van der Waals surface area contributed by atoms with Crippen LogP contribution in [0.3, 0.4) is 0 Å². The largest absolute Gasteiger partial charge is 0.497 e. The number of para-hydroxylation sites is 1. The van der Waals surface area contributed by atoms with Gasteiger partial charge < -0.3 is 19.4 Å². The molecule has 0 radical (unpaired) electrons. The van der Waals surface area contributed by atoms with Crippen LogP contribution in [-0.2, 0) is 11.3 Å². The van der Waals surface area contributed by atoms with Crippen LogP contribution in [0.1, 0.15) is 30.7 Å². The van der Waals surface area contributed by atoms with Gasteiger partial charge in [0.25, 0.3) is 0 Å². The number of nitrogens with zero attached hydrogens (tertiary/aromatic N) is 1. The Morgan fingerprint density at radius 1 is 1.07 bits per heavy atom. The molecule has 0 bridgehead atoms. The molecule has 0 aliphatic rings. The van der Waals surface area contributed by atoms with Gasteiger partial charge in [-0.05, 0) is 48.4 Å². The first kappa shape index (κ1) is 19.7. The highest BCUT2D eigenvalue weighted by atomic mass is 16.5. The summed E-state index contributed by atoms with van der Waals surface area (Å²) in [6.07, 6.45) is 2.50. The fourth-order valence-corrected chi connectivity index (χ4v) is 3.13. The molecule has 1 N–H and O–H groups in total. The predicted molar refractivity (Wildman–Crippen MR) is 110 cm³/mol. The van der Waals surface area contributed by atoms with Crippen LogP contribution in [0.5, 0.6) is 5.75 Å². The van der Waals surface area contributed by atoms with E-state index in [1.54, 1.807) is 18.3 Å². The van der Waals surface area contributed by atoms with Gasteiger partial charge in [-0.2, -0.15) is 0 Å². The van der Waals surface area contributed by atoms with E-state index in [0.717, 1.165) is 29.2 Å². The van der Waals surface area contributed by atoms with Crippen molar-refractivity contribution < 1.29 is 13.9 Å². The van der Waals surface area contributed by atoms with Gasteiger partial charge in [-0.25, -0.2) is 0 Å². The Balaban J connectivity index is 1.69. The Hall–Kier alpha value is -3.05. The molecule has 0 aliphatic carbocycles. The maximum Gasteiger partial charge on any atom is 0.241 e. The quantitative estimate of drug-likeness (QED) is 0.593. The summed E-state index contributed by atoms with van der Waals surface area (Å²) in [5.41, 5.74) is 1.98. The smallest absolute Gasteiger partial charge is 0.241 e. The van der Waals surface area contributed by atoms with Crippen LogP contribution in [0.2, 0.25) is 0 Å². The van der Waals surface area contributed by atoms with Crippen molar-refractivity contribution >= 4 is 11.6 Å². The summed E-state index contributed by atoms with van der Waals surface area (Å²) < 4.78 is 10.7. The van der Waals surface area contributed by atoms with Crippen LogP contribution in [0, 0.1) is 0 Å². The molecule has 5 heteroatoms. The van der Waals surface area contributed by atoms with Gasteiger partial charge in [0, 0.05) is 11.7 Å². The van der Waals surface area contributed by atoms with Gasteiger partial charge in [0.05, 0.1) is 26.5 Å². The number of hydrogen-bond acceptors (Lipinski definition) is 4. The van der Waals surface area contributed by atoms with Crippen molar-refractivity contribution in [1.29, 1.82) is 0 Å². The maximum atomic E-state index is 13.0. The molecule has 146 valence electrons. The number of carbonyl (C=O) groups excluding carboxylic acids is 1. The Kier molecular flexibility index (Phi) is 6.87. The number of methoxy groups -OCH3 is 1. The molecule has 2 aromatic carbocycles. The zero-order chi connectivity index (χ0) is 19.8. The molecule has 5 nitrogen and oxygen atoms in total. The van der Waals surface area contributed by atoms with Crippen LogP contribution < -0.4 is 15.0 Å². The highest BCUT2D eigenvalue weighted by Crippen LogP contribution is 2.21. The molecule has 3 aromatic rings. The van der Waals surface area contributed by atoms with E-state index in [4.69, 9.17) is 9.15 Å². The zero-order valence-corrected chi connectivity index (χ0v) is 16.3. The number of hydrogen-bond donors (Lipinski definition) is 1. The third kappa shape index (κ3) is 5.02. The summed E-state index contributed by atoms with van der Waals surface area (Å²) in [7, 11) is 1.65. The molecule has 0 fully saturated rings. The number of ether oxygens (including phenoxy) is 1. The number of furan rings is 1. The second-order valence-electron chi connectivity index (χ2n) is 6.51. The summed E-state index contributed by atoms with van der Waals surface area (Å²) in [5.74, 6) is 1.57. The molecule has 1 amide bonds. The molecule has 1 aromatic heterocycles. The van der Waals surface area contributed by atoms with Crippen LogP contribution >= 0.6 is 0 Å². The van der Waals surface area contributed by atoms with Crippen LogP contribution in [0.4, 0.5) is 5.69 Å². The number of nitrogens with one attached hydrogen (secondary N) is 1. The second-order valence-corrected chi connectivity index (χ2v) is 6.51. The minimum absolute atomic E-state index is 0.00504. The zero-order valence-electron chi connectivity index (χ0n) is 16.3.